The van der Waals surface area contributed by atoms with Gasteiger partial charge in [0.25, 0.3) is 5.88 Å². The van der Waals surface area contributed by atoms with Crippen molar-refractivity contribution in [3.8, 4) is 23.0 Å². The Morgan fingerprint density at radius 1 is 1.21 bits per heavy atom. The SMILES string of the molecule is CCN1C(=O)N[C@@H](CCC(F)(F)F)CCCCCOc2nc(cn3ccnc23)-c2nc(ncc2OC)[C@H]1C. The minimum Gasteiger partial charge on any atom is -0.493 e. The fraction of sp³-hybridized carbons (Fsp3) is 0.560. The molecule has 0 saturated carbocycles. The van der Waals surface area contributed by atoms with E-state index in [0.29, 0.717) is 66.9 Å². The van der Waals surface area contributed by atoms with Gasteiger partial charge in [-0.15, -0.1) is 0 Å². The molecule has 13 heteroatoms. The molecule has 4 rings (SSSR count). The van der Waals surface area contributed by atoms with Gasteiger partial charge in [-0.25, -0.2) is 24.7 Å². The normalized spacial score (nSPS) is 19.5. The third-order valence-electron chi connectivity index (χ3n) is 6.56. The van der Waals surface area contributed by atoms with Crippen molar-refractivity contribution >= 4 is 11.7 Å². The summed E-state index contributed by atoms with van der Waals surface area (Å²) >= 11 is 0. The number of rotatable bonds is 4. The van der Waals surface area contributed by atoms with Crippen LogP contribution in [0.15, 0.2) is 24.8 Å². The molecule has 4 bridgehead atoms. The second-order valence-electron chi connectivity index (χ2n) is 9.19. The molecule has 4 heterocycles. The summed E-state index contributed by atoms with van der Waals surface area (Å²) in [5.74, 6) is 1.06. The highest BCUT2D eigenvalue weighted by Crippen LogP contribution is 2.31. The van der Waals surface area contributed by atoms with Crippen molar-refractivity contribution in [2.45, 2.75) is 70.6 Å². The van der Waals surface area contributed by atoms with Gasteiger partial charge in [-0.05, 0) is 39.5 Å². The van der Waals surface area contributed by atoms with Gasteiger partial charge in [-0.1, -0.05) is 6.42 Å². The minimum atomic E-state index is -4.30. The van der Waals surface area contributed by atoms with E-state index < -0.39 is 30.7 Å². The van der Waals surface area contributed by atoms with Gasteiger partial charge < -0.3 is 24.1 Å². The number of alkyl halides is 3. The van der Waals surface area contributed by atoms with Crippen molar-refractivity contribution < 1.29 is 27.4 Å². The summed E-state index contributed by atoms with van der Waals surface area (Å²) < 4.78 is 52.1. The maximum atomic E-state index is 13.2. The average molecular weight is 536 g/mol. The molecule has 206 valence electrons. The van der Waals surface area contributed by atoms with Crippen LogP contribution in [0.1, 0.15) is 64.2 Å². The van der Waals surface area contributed by atoms with Gasteiger partial charge in [0, 0.05) is 37.6 Å². The van der Waals surface area contributed by atoms with Gasteiger partial charge in [0.15, 0.2) is 11.6 Å². The highest BCUT2D eigenvalue weighted by molar-refractivity contribution is 5.75. The second-order valence-corrected chi connectivity index (χ2v) is 9.19. The molecular weight excluding hydrogens is 503 g/mol. The molecule has 2 amide bonds. The average Bonchev–Trinajstić information content (AvgIpc) is 3.37. The molecule has 0 aliphatic carbocycles. The number of nitrogens with one attached hydrogen (secondary N) is 1. The lowest BCUT2D eigenvalue weighted by Gasteiger charge is -2.30. The van der Waals surface area contributed by atoms with Crippen molar-refractivity contribution in [2.75, 3.05) is 20.3 Å². The summed E-state index contributed by atoms with van der Waals surface area (Å²) in [5, 5.41) is 2.82. The second kappa shape index (κ2) is 11.8. The number of imidazole rings is 1. The molecule has 0 unspecified atom stereocenters. The molecule has 1 N–H and O–H groups in total. The van der Waals surface area contributed by atoms with E-state index in [9.17, 15) is 18.0 Å². The topological polar surface area (TPSA) is 107 Å². The Morgan fingerprint density at radius 3 is 2.76 bits per heavy atom. The fourth-order valence-corrected chi connectivity index (χ4v) is 4.49. The van der Waals surface area contributed by atoms with E-state index in [0.717, 1.165) is 6.42 Å². The number of hydrogen-bond donors (Lipinski definition) is 1. The van der Waals surface area contributed by atoms with E-state index in [2.05, 4.69) is 20.3 Å². The number of methoxy groups -OCH3 is 1. The molecule has 0 aromatic carbocycles. The number of amides is 2. The lowest BCUT2D eigenvalue weighted by Crippen LogP contribution is -2.46. The standard InChI is InChI=1S/C25H32F3N7O3/c1-4-35-16(2)21-30-14-19(37-3)20(33-21)18-15-34-12-11-29-22(34)23(32-18)38-13-7-5-6-8-17(31-24(35)36)9-10-25(26,27)28/h11-12,14-17H,4-10,13H2,1-3H3,(H,31,36)/t16-,17-/m1/s1. The predicted octanol–water partition coefficient (Wildman–Crippen LogP) is 4.95. The van der Waals surface area contributed by atoms with Crippen molar-refractivity contribution in [3.05, 3.63) is 30.6 Å². The van der Waals surface area contributed by atoms with Crippen molar-refractivity contribution in [1.82, 2.24) is 34.6 Å². The van der Waals surface area contributed by atoms with Gasteiger partial charge in [0.1, 0.15) is 11.4 Å². The lowest BCUT2D eigenvalue weighted by molar-refractivity contribution is -0.136. The Bertz CT molecular complexity index is 1250. The summed E-state index contributed by atoms with van der Waals surface area (Å²) in [6.45, 7) is 4.23. The van der Waals surface area contributed by atoms with Gasteiger partial charge in [-0.3, -0.25) is 0 Å². The number of aromatic nitrogens is 5. The molecule has 0 fully saturated rings. The molecule has 0 spiro atoms. The highest BCUT2D eigenvalue weighted by atomic mass is 19.4. The first-order valence-electron chi connectivity index (χ1n) is 12.7. The van der Waals surface area contributed by atoms with E-state index in [1.54, 1.807) is 36.8 Å². The maximum Gasteiger partial charge on any atom is 0.389 e. The fourth-order valence-electron chi connectivity index (χ4n) is 4.49. The van der Waals surface area contributed by atoms with Crippen molar-refractivity contribution in [2.24, 2.45) is 0 Å². The quantitative estimate of drug-likeness (QED) is 0.504. The number of halogens is 3. The highest BCUT2D eigenvalue weighted by Gasteiger charge is 2.30. The van der Waals surface area contributed by atoms with E-state index >= 15 is 0 Å². The van der Waals surface area contributed by atoms with Crippen LogP contribution in [0.5, 0.6) is 11.6 Å². The largest absolute Gasteiger partial charge is 0.493 e. The molecule has 3 aromatic rings. The Balaban J connectivity index is 1.72. The van der Waals surface area contributed by atoms with Gasteiger partial charge in [-0.2, -0.15) is 13.2 Å². The third kappa shape index (κ3) is 6.43. The maximum absolute atomic E-state index is 13.2. The Morgan fingerprint density at radius 2 is 2.03 bits per heavy atom. The van der Waals surface area contributed by atoms with Crippen LogP contribution < -0.4 is 14.8 Å². The molecule has 2 atom stereocenters. The summed E-state index contributed by atoms with van der Waals surface area (Å²) in [5.41, 5.74) is 1.43. The monoisotopic (exact) mass is 535 g/mol. The zero-order chi connectivity index (χ0) is 27.3. The van der Waals surface area contributed by atoms with Gasteiger partial charge in [0.05, 0.1) is 26.0 Å². The summed E-state index contributed by atoms with van der Waals surface area (Å²) in [7, 11) is 1.50. The third-order valence-corrected chi connectivity index (χ3v) is 6.56. The molecular formula is C25H32F3N7O3. The predicted molar refractivity (Wildman–Crippen MR) is 133 cm³/mol. The Labute approximate surface area is 218 Å². The molecule has 10 nitrogen and oxygen atoms in total. The number of ether oxygens (including phenoxy) is 2. The molecule has 0 saturated heterocycles. The molecule has 1 aliphatic rings. The smallest absolute Gasteiger partial charge is 0.389 e. The Kier molecular flexibility index (Phi) is 8.52. The first-order valence-corrected chi connectivity index (χ1v) is 12.7. The lowest BCUT2D eigenvalue weighted by atomic mass is 10.0. The van der Waals surface area contributed by atoms with Crippen molar-refractivity contribution in [3.63, 3.8) is 0 Å². The minimum absolute atomic E-state index is 0.186. The number of hydrogen-bond acceptors (Lipinski definition) is 7. The zero-order valence-corrected chi connectivity index (χ0v) is 21.7. The van der Waals surface area contributed by atoms with Crippen molar-refractivity contribution in [1.29, 1.82) is 0 Å². The number of carbonyl (C=O) groups excluding carboxylic acids is 1. The molecule has 0 radical (unpaired) electrons. The number of fused-ring (bicyclic) bond motifs is 7. The number of carbonyl (C=O) groups is 1. The van der Waals surface area contributed by atoms with E-state index in [1.807, 2.05) is 0 Å². The Hall–Kier alpha value is -3.64. The molecule has 1 aliphatic heterocycles. The van der Waals surface area contributed by atoms with Crippen LogP contribution in [0.4, 0.5) is 18.0 Å². The van der Waals surface area contributed by atoms with E-state index in [-0.39, 0.29) is 6.42 Å². The van der Waals surface area contributed by atoms with Crippen LogP contribution >= 0.6 is 0 Å². The molecule has 3 aromatic heterocycles. The number of urea groups is 1. The summed E-state index contributed by atoms with van der Waals surface area (Å²) in [6.07, 6.45) is 3.70. The first kappa shape index (κ1) is 27.4. The van der Waals surface area contributed by atoms with Crippen LogP contribution in [-0.2, 0) is 0 Å². The van der Waals surface area contributed by atoms with Gasteiger partial charge in [0.2, 0.25) is 5.65 Å². The van der Waals surface area contributed by atoms with Crippen LogP contribution in [0, 0.1) is 0 Å². The van der Waals surface area contributed by atoms with Crippen LogP contribution in [-0.4, -0.2) is 67.7 Å². The van der Waals surface area contributed by atoms with Gasteiger partial charge >= 0.3 is 12.2 Å². The van der Waals surface area contributed by atoms with Crippen LogP contribution in [0.2, 0.25) is 0 Å². The van der Waals surface area contributed by atoms with E-state index in [1.165, 1.54) is 18.2 Å². The van der Waals surface area contributed by atoms with E-state index in [4.69, 9.17) is 14.5 Å². The number of nitrogens with zero attached hydrogens (tertiary/aromatic N) is 6. The zero-order valence-electron chi connectivity index (χ0n) is 21.7. The van der Waals surface area contributed by atoms with Crippen LogP contribution in [0.3, 0.4) is 0 Å². The van der Waals surface area contributed by atoms with Crippen LogP contribution in [0.25, 0.3) is 17.0 Å². The molecule has 38 heavy (non-hydrogen) atoms. The summed E-state index contributed by atoms with van der Waals surface area (Å²) in [6, 6.07) is -1.65. The first-order chi connectivity index (χ1) is 18.2. The summed E-state index contributed by atoms with van der Waals surface area (Å²) in [4.78, 5) is 32.8.